The van der Waals surface area contributed by atoms with Crippen molar-refractivity contribution < 1.29 is 13.9 Å². The van der Waals surface area contributed by atoms with E-state index in [1.165, 1.54) is 11.8 Å². The van der Waals surface area contributed by atoms with E-state index in [9.17, 15) is 9.18 Å². The molecule has 0 radical (unpaired) electrons. The van der Waals surface area contributed by atoms with Gasteiger partial charge in [0.2, 0.25) is 0 Å². The maximum absolute atomic E-state index is 13.5. The summed E-state index contributed by atoms with van der Waals surface area (Å²) in [6, 6.07) is 4.86. The first-order valence-corrected chi connectivity index (χ1v) is 7.04. The fourth-order valence-corrected chi connectivity index (χ4v) is 3.21. The number of benzene rings is 1. The lowest BCUT2D eigenvalue weighted by Crippen LogP contribution is -2.25. The van der Waals surface area contributed by atoms with Crippen LogP contribution in [0.1, 0.15) is 24.6 Å². The molecule has 3 nitrogen and oxygen atoms in total. The van der Waals surface area contributed by atoms with Gasteiger partial charge in [0.15, 0.2) is 0 Å². The molecule has 1 aliphatic rings. The summed E-state index contributed by atoms with van der Waals surface area (Å²) >= 11 is 0. The van der Waals surface area contributed by atoms with Crippen LogP contribution in [0, 0.1) is 11.7 Å². The van der Waals surface area contributed by atoms with Crippen LogP contribution in [0.15, 0.2) is 18.2 Å². The number of rotatable bonds is 2. The molecule has 2 aromatic rings. The number of hydrogen-bond acceptors (Lipinski definition) is 2. The smallest absolute Gasteiger partial charge is 0.309 e. The van der Waals surface area contributed by atoms with E-state index < -0.39 is 0 Å². The first kappa shape index (κ1) is 13.2. The first-order chi connectivity index (χ1) is 9.61. The van der Waals surface area contributed by atoms with E-state index >= 15 is 0 Å². The maximum atomic E-state index is 13.5. The molecular formula is C16H18FNO2. The van der Waals surface area contributed by atoms with Crippen LogP contribution in [0.25, 0.3) is 10.9 Å². The van der Waals surface area contributed by atoms with E-state index in [0.29, 0.717) is 13.0 Å². The normalized spacial score (nSPS) is 18.1. The molecule has 0 spiro atoms. The topological polar surface area (TPSA) is 31.2 Å². The van der Waals surface area contributed by atoms with E-state index in [1.54, 1.807) is 6.07 Å². The van der Waals surface area contributed by atoms with E-state index in [4.69, 9.17) is 4.74 Å². The Hall–Kier alpha value is -1.84. The highest BCUT2D eigenvalue weighted by atomic mass is 19.1. The fraction of sp³-hybridized carbons (Fsp3) is 0.438. The van der Waals surface area contributed by atoms with Crippen molar-refractivity contribution in [2.24, 2.45) is 13.0 Å². The molecule has 1 aromatic heterocycles. The molecule has 0 amide bonds. The molecule has 1 unspecified atom stereocenters. The molecule has 3 rings (SSSR count). The zero-order chi connectivity index (χ0) is 14.3. The summed E-state index contributed by atoms with van der Waals surface area (Å²) in [5.41, 5.74) is 3.35. The van der Waals surface area contributed by atoms with Crippen LogP contribution < -0.4 is 0 Å². The van der Waals surface area contributed by atoms with E-state index in [0.717, 1.165) is 29.3 Å². The monoisotopic (exact) mass is 275 g/mol. The van der Waals surface area contributed by atoms with Gasteiger partial charge in [-0.25, -0.2) is 4.39 Å². The number of aromatic nitrogens is 1. The van der Waals surface area contributed by atoms with Crippen molar-refractivity contribution in [2.75, 3.05) is 6.61 Å². The summed E-state index contributed by atoms with van der Waals surface area (Å²) < 4.78 is 20.7. The zero-order valence-electron chi connectivity index (χ0n) is 11.8. The standard InChI is InChI=1S/C16H18FNO2/c1-3-20-16(19)10-4-6-14-12(8-10)13-9-11(17)5-7-15(13)18(14)2/h5,7,9-10H,3-4,6,8H2,1-2H3. The van der Waals surface area contributed by atoms with Crippen LogP contribution in [-0.4, -0.2) is 17.1 Å². The second-order valence-corrected chi connectivity index (χ2v) is 5.34. The van der Waals surface area contributed by atoms with Crippen molar-refractivity contribution in [3.05, 3.63) is 35.3 Å². The third-order valence-electron chi connectivity index (χ3n) is 4.20. The predicted octanol–water partition coefficient (Wildman–Crippen LogP) is 2.99. The number of aryl methyl sites for hydroxylation is 1. The van der Waals surface area contributed by atoms with Crippen LogP contribution in [0.5, 0.6) is 0 Å². The number of ether oxygens (including phenoxy) is 1. The van der Waals surface area contributed by atoms with Gasteiger partial charge >= 0.3 is 5.97 Å². The lowest BCUT2D eigenvalue weighted by Gasteiger charge is -2.21. The molecule has 0 bridgehead atoms. The molecule has 4 heteroatoms. The maximum Gasteiger partial charge on any atom is 0.309 e. The Labute approximate surface area is 117 Å². The Morgan fingerprint density at radius 3 is 3.05 bits per heavy atom. The number of nitrogens with zero attached hydrogens (tertiary/aromatic N) is 1. The largest absolute Gasteiger partial charge is 0.466 e. The van der Waals surface area contributed by atoms with Crippen LogP contribution >= 0.6 is 0 Å². The van der Waals surface area contributed by atoms with Gasteiger partial charge in [0, 0.05) is 23.6 Å². The third-order valence-corrected chi connectivity index (χ3v) is 4.20. The Bertz CT molecular complexity index is 675. The minimum Gasteiger partial charge on any atom is -0.466 e. The highest BCUT2D eigenvalue weighted by Gasteiger charge is 2.29. The molecule has 1 heterocycles. The SMILES string of the molecule is CCOC(=O)C1CCc2c(c3cc(F)ccc3n2C)C1. The van der Waals surface area contributed by atoms with Crippen LogP contribution in [0.2, 0.25) is 0 Å². The highest BCUT2D eigenvalue weighted by molar-refractivity contribution is 5.87. The van der Waals surface area contributed by atoms with E-state index in [1.807, 2.05) is 20.0 Å². The number of fused-ring (bicyclic) bond motifs is 3. The zero-order valence-corrected chi connectivity index (χ0v) is 11.8. The molecule has 1 atom stereocenters. The predicted molar refractivity (Wildman–Crippen MR) is 75.0 cm³/mol. The van der Waals surface area contributed by atoms with Crippen molar-refractivity contribution in [2.45, 2.75) is 26.2 Å². The average molecular weight is 275 g/mol. The van der Waals surface area contributed by atoms with Crippen LogP contribution in [0.3, 0.4) is 0 Å². The third kappa shape index (κ3) is 1.99. The summed E-state index contributed by atoms with van der Waals surface area (Å²) in [6.07, 6.45) is 2.29. The van der Waals surface area contributed by atoms with Crippen molar-refractivity contribution in [1.29, 1.82) is 0 Å². The molecule has 0 aliphatic heterocycles. The van der Waals surface area contributed by atoms with Gasteiger partial charge < -0.3 is 9.30 Å². The quantitative estimate of drug-likeness (QED) is 0.789. The molecule has 20 heavy (non-hydrogen) atoms. The summed E-state index contributed by atoms with van der Waals surface area (Å²) in [6.45, 7) is 2.23. The van der Waals surface area contributed by atoms with Crippen molar-refractivity contribution >= 4 is 16.9 Å². The lowest BCUT2D eigenvalue weighted by molar-refractivity contribution is -0.148. The van der Waals surface area contributed by atoms with Crippen molar-refractivity contribution in [3.8, 4) is 0 Å². The highest BCUT2D eigenvalue weighted by Crippen LogP contribution is 2.34. The number of hydrogen-bond donors (Lipinski definition) is 0. The van der Waals surface area contributed by atoms with Crippen molar-refractivity contribution in [1.82, 2.24) is 4.57 Å². The number of esters is 1. The summed E-state index contributed by atoms with van der Waals surface area (Å²) in [7, 11) is 2.00. The molecule has 0 saturated carbocycles. The summed E-state index contributed by atoms with van der Waals surface area (Å²) in [5.74, 6) is -0.466. The second-order valence-electron chi connectivity index (χ2n) is 5.34. The first-order valence-electron chi connectivity index (χ1n) is 7.04. The van der Waals surface area contributed by atoms with Gasteiger partial charge in [-0.05, 0) is 49.9 Å². The number of halogens is 1. The lowest BCUT2D eigenvalue weighted by atomic mass is 9.86. The van der Waals surface area contributed by atoms with Crippen molar-refractivity contribution in [3.63, 3.8) is 0 Å². The minimum absolute atomic E-state index is 0.101. The van der Waals surface area contributed by atoms with Gasteiger partial charge in [-0.1, -0.05) is 0 Å². The van der Waals surface area contributed by atoms with Gasteiger partial charge in [-0.15, -0.1) is 0 Å². The summed E-state index contributed by atoms with van der Waals surface area (Å²) in [4.78, 5) is 11.9. The molecular weight excluding hydrogens is 257 g/mol. The summed E-state index contributed by atoms with van der Waals surface area (Å²) in [5, 5.41) is 0.927. The minimum atomic E-state index is -0.232. The number of carbonyl (C=O) groups excluding carboxylic acids is 1. The molecule has 0 N–H and O–H groups in total. The second kappa shape index (κ2) is 4.93. The fourth-order valence-electron chi connectivity index (χ4n) is 3.21. The average Bonchev–Trinajstić information content (AvgIpc) is 2.72. The van der Waals surface area contributed by atoms with Crippen LogP contribution in [-0.2, 0) is 29.4 Å². The van der Waals surface area contributed by atoms with E-state index in [2.05, 4.69) is 4.57 Å². The molecule has 1 aliphatic carbocycles. The molecule has 1 aromatic carbocycles. The Morgan fingerprint density at radius 1 is 1.50 bits per heavy atom. The van der Waals surface area contributed by atoms with Crippen LogP contribution in [0.4, 0.5) is 4.39 Å². The Balaban J connectivity index is 2.04. The van der Waals surface area contributed by atoms with Gasteiger partial charge in [0.05, 0.1) is 12.5 Å². The van der Waals surface area contributed by atoms with Gasteiger partial charge in [0.25, 0.3) is 0 Å². The molecule has 106 valence electrons. The van der Waals surface area contributed by atoms with Gasteiger partial charge in [-0.3, -0.25) is 4.79 Å². The van der Waals surface area contributed by atoms with Gasteiger partial charge in [0.1, 0.15) is 5.82 Å². The van der Waals surface area contributed by atoms with Gasteiger partial charge in [-0.2, -0.15) is 0 Å². The Morgan fingerprint density at radius 2 is 2.30 bits per heavy atom. The molecule has 0 fully saturated rings. The number of carbonyl (C=O) groups is 1. The molecule has 0 saturated heterocycles. The van der Waals surface area contributed by atoms with E-state index in [-0.39, 0.29) is 17.7 Å². The Kier molecular flexibility index (Phi) is 3.24.